The van der Waals surface area contributed by atoms with Gasteiger partial charge in [-0.1, -0.05) is 43.5 Å². The van der Waals surface area contributed by atoms with Crippen molar-refractivity contribution < 1.29 is 25.8 Å². The standard InChI is InChI=1S/C32H25N3O.Pt/c1-3-22-18-23(4-2)32(34-21-22)36-26-11-9-10-24(19-26)25-15-16-28-27-12-5-6-13-29(27)35(30(28)20-25)31-14-7-8-17-33-31;/h5-18,21H,3-4H2,1-2H3;/q-2;+2. The van der Waals surface area contributed by atoms with Crippen LogP contribution in [0.4, 0.5) is 0 Å². The molecule has 6 rings (SSSR count). The molecule has 3 heterocycles. The molecule has 184 valence electrons. The molecule has 3 aromatic carbocycles. The summed E-state index contributed by atoms with van der Waals surface area (Å²) in [4.78, 5) is 9.19. The van der Waals surface area contributed by atoms with Crippen molar-refractivity contribution in [2.75, 3.05) is 0 Å². The van der Waals surface area contributed by atoms with Gasteiger partial charge in [-0.25, -0.2) is 21.1 Å². The van der Waals surface area contributed by atoms with E-state index < -0.39 is 0 Å². The maximum absolute atomic E-state index is 6.19. The fraction of sp³-hybridized carbons (Fsp3) is 0.125. The molecule has 37 heavy (non-hydrogen) atoms. The Morgan fingerprint density at radius 3 is 2.43 bits per heavy atom. The third-order valence-corrected chi connectivity index (χ3v) is 6.50. The zero-order valence-corrected chi connectivity index (χ0v) is 22.9. The predicted octanol–water partition coefficient (Wildman–Crippen LogP) is 7.76. The fourth-order valence-electron chi connectivity index (χ4n) is 4.63. The summed E-state index contributed by atoms with van der Waals surface area (Å²) in [5.74, 6) is 2.14. The molecule has 0 aliphatic carbocycles. The molecule has 0 atom stereocenters. The van der Waals surface area contributed by atoms with Crippen LogP contribution in [0.1, 0.15) is 25.0 Å². The van der Waals surface area contributed by atoms with Crippen LogP contribution in [0.25, 0.3) is 38.8 Å². The molecule has 0 aliphatic heterocycles. The molecule has 0 fully saturated rings. The van der Waals surface area contributed by atoms with Gasteiger partial charge in [-0.2, -0.15) is 24.3 Å². The Bertz CT molecular complexity index is 1690. The van der Waals surface area contributed by atoms with Gasteiger partial charge in [0.25, 0.3) is 0 Å². The van der Waals surface area contributed by atoms with E-state index in [4.69, 9.17) is 4.74 Å². The number of hydrogen-bond acceptors (Lipinski definition) is 3. The first-order valence-electron chi connectivity index (χ1n) is 12.3. The van der Waals surface area contributed by atoms with Crippen molar-refractivity contribution >= 4 is 21.8 Å². The minimum atomic E-state index is 0. The molecule has 0 unspecified atom stereocenters. The first kappa shape index (κ1) is 24.9. The Morgan fingerprint density at radius 1 is 0.784 bits per heavy atom. The molecule has 0 amide bonds. The van der Waals surface area contributed by atoms with E-state index in [0.29, 0.717) is 11.6 Å². The molecule has 0 saturated heterocycles. The van der Waals surface area contributed by atoms with Crippen LogP contribution in [-0.2, 0) is 33.9 Å². The Morgan fingerprint density at radius 2 is 1.62 bits per heavy atom. The zero-order valence-electron chi connectivity index (χ0n) is 20.6. The number of para-hydroxylation sites is 1. The van der Waals surface area contributed by atoms with Crippen molar-refractivity contribution in [2.24, 2.45) is 0 Å². The van der Waals surface area contributed by atoms with Crippen LogP contribution in [0.5, 0.6) is 11.6 Å². The van der Waals surface area contributed by atoms with Crippen molar-refractivity contribution in [3.63, 3.8) is 0 Å². The van der Waals surface area contributed by atoms with Crippen LogP contribution in [0.3, 0.4) is 0 Å². The van der Waals surface area contributed by atoms with Gasteiger partial charge in [0.05, 0.1) is 0 Å². The Balaban J connectivity index is 0.00000280. The van der Waals surface area contributed by atoms with Crippen LogP contribution in [0.2, 0.25) is 0 Å². The van der Waals surface area contributed by atoms with E-state index >= 15 is 0 Å². The Labute approximate surface area is 231 Å². The number of aromatic nitrogens is 3. The summed E-state index contributed by atoms with van der Waals surface area (Å²) in [5, 5.41) is 2.32. The fourth-order valence-corrected chi connectivity index (χ4v) is 4.63. The average molecular weight is 663 g/mol. The summed E-state index contributed by atoms with van der Waals surface area (Å²) in [7, 11) is 0. The van der Waals surface area contributed by atoms with Crippen molar-refractivity contribution in [3.8, 4) is 28.6 Å². The van der Waals surface area contributed by atoms with Crippen molar-refractivity contribution in [1.82, 2.24) is 14.5 Å². The SMILES string of the molecule is CCc1cnc(Oc2[c-]c(-c3[c-]c4c(cc3)c3ccccc3n4-c3ccccn3)ccc2)c(CC)c1.[Pt+2]. The monoisotopic (exact) mass is 662 g/mol. The predicted molar refractivity (Wildman–Crippen MR) is 145 cm³/mol. The molecule has 6 aromatic rings. The molecule has 4 nitrogen and oxygen atoms in total. The van der Waals surface area contributed by atoms with E-state index in [0.717, 1.165) is 51.8 Å². The average Bonchev–Trinajstić information content (AvgIpc) is 3.27. The van der Waals surface area contributed by atoms with E-state index in [2.05, 4.69) is 83.0 Å². The number of aryl methyl sites for hydroxylation is 2. The van der Waals surface area contributed by atoms with E-state index in [-0.39, 0.29) is 21.1 Å². The van der Waals surface area contributed by atoms with Gasteiger partial charge in [0, 0.05) is 29.2 Å². The third kappa shape index (κ3) is 4.70. The summed E-state index contributed by atoms with van der Waals surface area (Å²) >= 11 is 0. The number of rotatable bonds is 6. The first-order valence-corrected chi connectivity index (χ1v) is 12.3. The van der Waals surface area contributed by atoms with Gasteiger partial charge < -0.3 is 9.30 Å². The largest absolute Gasteiger partial charge is 2.00 e. The molecule has 0 bridgehead atoms. The number of fused-ring (bicyclic) bond motifs is 3. The molecule has 0 saturated carbocycles. The van der Waals surface area contributed by atoms with E-state index in [1.165, 1.54) is 10.9 Å². The molecule has 0 N–H and O–H groups in total. The second-order valence-electron chi connectivity index (χ2n) is 8.72. The molecule has 0 aliphatic rings. The number of nitrogens with zero attached hydrogens (tertiary/aromatic N) is 3. The van der Waals surface area contributed by atoms with Crippen LogP contribution in [-0.4, -0.2) is 14.5 Å². The zero-order chi connectivity index (χ0) is 24.5. The number of ether oxygens (including phenoxy) is 1. The number of hydrogen-bond donors (Lipinski definition) is 0. The van der Waals surface area contributed by atoms with Crippen molar-refractivity contribution in [2.45, 2.75) is 26.7 Å². The van der Waals surface area contributed by atoms with E-state index in [1.54, 1.807) is 0 Å². The van der Waals surface area contributed by atoms with E-state index in [1.807, 2.05) is 48.8 Å². The van der Waals surface area contributed by atoms with Crippen LogP contribution in [0, 0.1) is 12.1 Å². The summed E-state index contributed by atoms with van der Waals surface area (Å²) in [6.45, 7) is 4.25. The maximum Gasteiger partial charge on any atom is 2.00 e. The second-order valence-corrected chi connectivity index (χ2v) is 8.72. The van der Waals surface area contributed by atoms with Crippen molar-refractivity contribution in [3.05, 3.63) is 115 Å². The second kappa shape index (κ2) is 10.7. The number of benzene rings is 3. The molecule has 0 radical (unpaired) electrons. The van der Waals surface area contributed by atoms with Crippen LogP contribution < -0.4 is 4.74 Å². The van der Waals surface area contributed by atoms with Crippen LogP contribution >= 0.6 is 0 Å². The first-order chi connectivity index (χ1) is 17.7. The summed E-state index contributed by atoms with van der Waals surface area (Å²) < 4.78 is 8.36. The van der Waals surface area contributed by atoms with Gasteiger partial charge in [0.15, 0.2) is 0 Å². The molecule has 0 spiro atoms. The summed E-state index contributed by atoms with van der Waals surface area (Å²) in [6.07, 6.45) is 5.52. The molecule has 3 aromatic heterocycles. The molecular formula is C32H25N3OPt. The topological polar surface area (TPSA) is 39.9 Å². The smallest absolute Gasteiger partial charge is 0.460 e. The van der Waals surface area contributed by atoms with E-state index in [9.17, 15) is 0 Å². The maximum atomic E-state index is 6.19. The minimum absolute atomic E-state index is 0. The third-order valence-electron chi connectivity index (χ3n) is 6.50. The Kier molecular flexibility index (Phi) is 7.21. The quantitative estimate of drug-likeness (QED) is 0.171. The van der Waals surface area contributed by atoms with Crippen LogP contribution in [0.15, 0.2) is 91.3 Å². The van der Waals surface area contributed by atoms with Gasteiger partial charge in [-0.05, 0) is 53.6 Å². The van der Waals surface area contributed by atoms with Gasteiger partial charge in [0.1, 0.15) is 5.82 Å². The summed E-state index contributed by atoms with van der Waals surface area (Å²) in [5.41, 5.74) is 6.25. The minimum Gasteiger partial charge on any atom is -0.460 e. The van der Waals surface area contributed by atoms with Gasteiger partial charge in [-0.3, -0.25) is 0 Å². The van der Waals surface area contributed by atoms with Crippen molar-refractivity contribution in [1.29, 1.82) is 0 Å². The van der Waals surface area contributed by atoms with Gasteiger partial charge in [-0.15, -0.1) is 18.2 Å². The van der Waals surface area contributed by atoms with Gasteiger partial charge >= 0.3 is 21.1 Å². The molecular weight excluding hydrogens is 637 g/mol. The molecule has 5 heteroatoms. The number of pyridine rings is 2. The van der Waals surface area contributed by atoms with Gasteiger partial charge in [0.2, 0.25) is 5.88 Å². The Hall–Kier alpha value is -3.75. The normalized spacial score (nSPS) is 11.0. The summed E-state index contributed by atoms with van der Waals surface area (Å²) in [6, 6.07) is 33.8.